The van der Waals surface area contributed by atoms with Crippen LogP contribution >= 0.6 is 0 Å². The number of aliphatic carboxylic acids is 1. The lowest BCUT2D eigenvalue weighted by atomic mass is 9.98. The van der Waals surface area contributed by atoms with E-state index in [0.717, 1.165) is 35.1 Å². The molecule has 33 heavy (non-hydrogen) atoms. The van der Waals surface area contributed by atoms with Gasteiger partial charge in [0.15, 0.2) is 6.10 Å². The lowest BCUT2D eigenvalue weighted by molar-refractivity contribution is -0.147. The number of carbonyl (C=O) groups excluding carboxylic acids is 2. The van der Waals surface area contributed by atoms with Crippen LogP contribution in [-0.4, -0.2) is 53.5 Å². The number of nitrogens with one attached hydrogen (secondary N) is 2. The maximum atomic E-state index is 12.6. The van der Waals surface area contributed by atoms with E-state index >= 15 is 0 Å². The highest BCUT2D eigenvalue weighted by Crippen LogP contribution is 2.44. The molecule has 2 aromatic carbocycles. The summed E-state index contributed by atoms with van der Waals surface area (Å²) >= 11 is 0. The van der Waals surface area contributed by atoms with Crippen LogP contribution in [0.1, 0.15) is 42.7 Å². The van der Waals surface area contributed by atoms with Gasteiger partial charge in [-0.3, -0.25) is 4.79 Å². The van der Waals surface area contributed by atoms with Gasteiger partial charge in [-0.1, -0.05) is 61.4 Å². The number of aliphatic hydroxyl groups is 1. The fourth-order valence-electron chi connectivity index (χ4n) is 4.28. The van der Waals surface area contributed by atoms with Crippen molar-refractivity contribution in [3.05, 3.63) is 59.7 Å². The van der Waals surface area contributed by atoms with Crippen molar-refractivity contribution in [1.82, 2.24) is 10.6 Å². The van der Waals surface area contributed by atoms with Crippen molar-refractivity contribution < 1.29 is 29.3 Å². The largest absolute Gasteiger partial charge is 0.479 e. The van der Waals surface area contributed by atoms with Crippen molar-refractivity contribution in [2.75, 3.05) is 13.2 Å². The van der Waals surface area contributed by atoms with Crippen molar-refractivity contribution in [3.8, 4) is 11.1 Å². The Morgan fingerprint density at radius 3 is 2.18 bits per heavy atom. The van der Waals surface area contributed by atoms with E-state index in [4.69, 9.17) is 9.84 Å². The normalized spacial score (nSPS) is 16.3. The van der Waals surface area contributed by atoms with E-state index < -0.39 is 30.1 Å². The van der Waals surface area contributed by atoms with Gasteiger partial charge >= 0.3 is 12.1 Å². The smallest absolute Gasteiger partial charge is 0.407 e. The second-order valence-corrected chi connectivity index (χ2v) is 8.64. The molecule has 1 saturated carbocycles. The van der Waals surface area contributed by atoms with Crippen molar-refractivity contribution >= 4 is 18.0 Å². The molecule has 2 amide bonds. The molecule has 8 heteroatoms. The number of amides is 2. The third-order valence-electron chi connectivity index (χ3n) is 6.22. The molecule has 2 aliphatic rings. The zero-order valence-corrected chi connectivity index (χ0v) is 18.2. The summed E-state index contributed by atoms with van der Waals surface area (Å²) in [5, 5.41) is 23.4. The monoisotopic (exact) mass is 452 g/mol. The number of alkyl carbamates (subject to hydrolysis) is 1. The van der Waals surface area contributed by atoms with Crippen LogP contribution in [0.4, 0.5) is 4.79 Å². The van der Waals surface area contributed by atoms with E-state index in [1.165, 1.54) is 0 Å². The standard InChI is InChI=1S/C25H28N2O6/c28-22(24(30)31)11-12-26-23(29)21(13-15-9-10-15)27-25(32)33-14-20-18-7-3-1-5-16(18)17-6-2-4-8-19(17)20/h1-8,15,20-22,28H,9-14H2,(H,26,29)(H,27,32)(H,30,31)/t21?,22-/m0/s1. The molecule has 0 aliphatic heterocycles. The van der Waals surface area contributed by atoms with Crippen molar-refractivity contribution in [1.29, 1.82) is 0 Å². The zero-order chi connectivity index (χ0) is 23.4. The average Bonchev–Trinajstić information content (AvgIpc) is 3.57. The predicted molar refractivity (Wildman–Crippen MR) is 121 cm³/mol. The Labute approximate surface area is 192 Å². The highest BCUT2D eigenvalue weighted by molar-refractivity contribution is 5.86. The first-order valence-electron chi connectivity index (χ1n) is 11.2. The molecule has 0 radical (unpaired) electrons. The van der Waals surface area contributed by atoms with Crippen molar-refractivity contribution in [3.63, 3.8) is 0 Å². The Kier molecular flexibility index (Phi) is 6.93. The van der Waals surface area contributed by atoms with Crippen molar-refractivity contribution in [2.24, 2.45) is 5.92 Å². The van der Waals surface area contributed by atoms with Crippen LogP contribution in [0.25, 0.3) is 11.1 Å². The summed E-state index contributed by atoms with van der Waals surface area (Å²) in [4.78, 5) is 35.9. The number of rotatable bonds is 10. The van der Waals surface area contributed by atoms with Crippen LogP contribution in [0.15, 0.2) is 48.5 Å². The molecule has 0 heterocycles. The second kappa shape index (κ2) is 10.0. The summed E-state index contributed by atoms with van der Waals surface area (Å²) in [5.41, 5.74) is 4.49. The van der Waals surface area contributed by atoms with E-state index in [1.54, 1.807) is 0 Å². The summed E-state index contributed by atoms with van der Waals surface area (Å²) in [6, 6.07) is 15.3. The molecule has 4 rings (SSSR count). The van der Waals surface area contributed by atoms with E-state index in [-0.39, 0.29) is 25.5 Å². The Hall–Kier alpha value is -3.39. The molecule has 0 spiro atoms. The maximum Gasteiger partial charge on any atom is 0.407 e. The highest BCUT2D eigenvalue weighted by atomic mass is 16.5. The molecule has 1 fully saturated rings. The molecule has 2 atom stereocenters. The Balaban J connectivity index is 1.34. The third-order valence-corrected chi connectivity index (χ3v) is 6.22. The number of fused-ring (bicyclic) bond motifs is 3. The van der Waals surface area contributed by atoms with Gasteiger partial charge in [0.25, 0.3) is 0 Å². The molecular formula is C25H28N2O6. The Morgan fingerprint density at radius 1 is 1.00 bits per heavy atom. The van der Waals surface area contributed by atoms with Crippen molar-refractivity contribution in [2.45, 2.75) is 43.7 Å². The first-order valence-corrected chi connectivity index (χ1v) is 11.2. The average molecular weight is 453 g/mol. The first-order chi connectivity index (χ1) is 15.9. The molecule has 0 aromatic heterocycles. The molecule has 4 N–H and O–H groups in total. The van der Waals surface area contributed by atoms with Crippen LogP contribution < -0.4 is 10.6 Å². The van der Waals surface area contributed by atoms with E-state index in [9.17, 15) is 19.5 Å². The van der Waals surface area contributed by atoms with Crippen LogP contribution in [0.3, 0.4) is 0 Å². The molecule has 0 bridgehead atoms. The van der Waals surface area contributed by atoms with E-state index in [2.05, 4.69) is 22.8 Å². The predicted octanol–water partition coefficient (Wildman–Crippen LogP) is 2.65. The van der Waals surface area contributed by atoms with Gasteiger partial charge in [0, 0.05) is 18.9 Å². The number of carbonyl (C=O) groups is 3. The zero-order valence-electron chi connectivity index (χ0n) is 18.2. The topological polar surface area (TPSA) is 125 Å². The number of carboxylic acids is 1. The maximum absolute atomic E-state index is 12.6. The molecule has 0 saturated heterocycles. The quantitative estimate of drug-likeness (QED) is 0.439. The minimum Gasteiger partial charge on any atom is -0.479 e. The molecular weight excluding hydrogens is 424 g/mol. The van der Waals surface area contributed by atoms with Gasteiger partial charge in [0.2, 0.25) is 5.91 Å². The summed E-state index contributed by atoms with van der Waals surface area (Å²) in [6.45, 7) is 0.155. The molecule has 1 unspecified atom stereocenters. The number of hydrogen-bond acceptors (Lipinski definition) is 5. The molecule has 2 aromatic rings. The number of carboxylic acid groups (broad SMARTS) is 1. The van der Waals surface area contributed by atoms with Gasteiger partial charge in [-0.25, -0.2) is 9.59 Å². The Morgan fingerprint density at radius 2 is 1.61 bits per heavy atom. The van der Waals surface area contributed by atoms with Gasteiger partial charge in [-0.05, 0) is 34.6 Å². The first kappa shape index (κ1) is 22.8. The minimum atomic E-state index is -1.54. The highest BCUT2D eigenvalue weighted by Gasteiger charge is 2.32. The number of ether oxygens (including phenoxy) is 1. The number of benzene rings is 2. The SMILES string of the molecule is O=C(NC(CC1CC1)C(=O)NCC[C@H](O)C(=O)O)OCC1c2ccccc2-c2ccccc21. The second-order valence-electron chi connectivity index (χ2n) is 8.64. The Bertz CT molecular complexity index is 990. The molecule has 8 nitrogen and oxygen atoms in total. The van der Waals surface area contributed by atoms with Crippen LogP contribution in [0.2, 0.25) is 0 Å². The van der Waals surface area contributed by atoms with Crippen LogP contribution in [0.5, 0.6) is 0 Å². The summed E-state index contributed by atoms with van der Waals surface area (Å²) < 4.78 is 5.55. The van der Waals surface area contributed by atoms with Crippen LogP contribution in [0, 0.1) is 5.92 Å². The fraction of sp³-hybridized carbons (Fsp3) is 0.400. The van der Waals surface area contributed by atoms with Gasteiger partial charge in [0.1, 0.15) is 12.6 Å². The van der Waals surface area contributed by atoms with Gasteiger partial charge in [-0.15, -0.1) is 0 Å². The molecule has 2 aliphatic carbocycles. The van der Waals surface area contributed by atoms with Gasteiger partial charge in [-0.2, -0.15) is 0 Å². The van der Waals surface area contributed by atoms with E-state index in [0.29, 0.717) is 12.3 Å². The number of aliphatic hydroxyl groups excluding tert-OH is 1. The molecule has 174 valence electrons. The third kappa shape index (κ3) is 5.51. The summed E-state index contributed by atoms with van der Waals surface area (Å²) in [6.07, 6.45) is 0.201. The van der Waals surface area contributed by atoms with Gasteiger partial charge < -0.3 is 25.6 Å². The summed E-state index contributed by atoms with van der Waals surface area (Å²) in [5.74, 6) is -1.45. The fourth-order valence-corrected chi connectivity index (χ4v) is 4.28. The van der Waals surface area contributed by atoms with Gasteiger partial charge in [0.05, 0.1) is 0 Å². The minimum absolute atomic E-state index is 0.000162. The summed E-state index contributed by atoms with van der Waals surface area (Å²) in [7, 11) is 0. The van der Waals surface area contributed by atoms with E-state index in [1.807, 2.05) is 36.4 Å². The number of hydrogen-bond donors (Lipinski definition) is 4. The lowest BCUT2D eigenvalue weighted by Gasteiger charge is -2.20. The van der Waals surface area contributed by atoms with Crippen LogP contribution in [-0.2, 0) is 14.3 Å². The lowest BCUT2D eigenvalue weighted by Crippen LogP contribution is -2.48.